The van der Waals surface area contributed by atoms with Crippen LogP contribution in [0.1, 0.15) is 5.69 Å². The first-order valence-corrected chi connectivity index (χ1v) is 6.12. The van der Waals surface area contributed by atoms with Crippen molar-refractivity contribution in [3.05, 3.63) is 24.0 Å². The Morgan fingerprint density at radius 3 is 2.32 bits per heavy atom. The van der Waals surface area contributed by atoms with E-state index < -0.39 is 11.9 Å². The molecule has 1 saturated heterocycles. The van der Waals surface area contributed by atoms with Gasteiger partial charge < -0.3 is 10.0 Å². The predicted molar refractivity (Wildman–Crippen MR) is 65.0 cm³/mol. The van der Waals surface area contributed by atoms with Gasteiger partial charge in [-0.2, -0.15) is 13.2 Å². The fraction of sp³-hybridized carbons (Fsp3) is 0.583. The molecule has 1 aromatic rings. The lowest BCUT2D eigenvalue weighted by atomic mass is 10.2. The van der Waals surface area contributed by atoms with Gasteiger partial charge in [-0.1, -0.05) is 0 Å². The molecule has 0 aliphatic carbocycles. The Morgan fingerprint density at radius 1 is 1.16 bits per heavy atom. The number of alkyl halides is 3. The fourth-order valence-electron chi connectivity index (χ4n) is 2.11. The van der Waals surface area contributed by atoms with E-state index in [0.717, 1.165) is 32.2 Å². The van der Waals surface area contributed by atoms with Crippen LogP contribution in [0.15, 0.2) is 18.3 Å². The first kappa shape index (κ1) is 14.1. The summed E-state index contributed by atoms with van der Waals surface area (Å²) in [6, 6.07) is 2.47. The Kier molecular flexibility index (Phi) is 4.26. The molecule has 0 spiro atoms. The summed E-state index contributed by atoms with van der Waals surface area (Å²) in [5.74, 6) is 0. The third-order valence-corrected chi connectivity index (χ3v) is 3.19. The second-order valence-corrected chi connectivity index (χ2v) is 4.45. The summed E-state index contributed by atoms with van der Waals surface area (Å²) in [5.41, 5.74) is -0.160. The van der Waals surface area contributed by atoms with E-state index in [4.69, 9.17) is 5.11 Å². The monoisotopic (exact) mass is 275 g/mol. The van der Waals surface area contributed by atoms with Gasteiger partial charge in [-0.25, -0.2) is 4.98 Å². The van der Waals surface area contributed by atoms with Crippen molar-refractivity contribution >= 4 is 5.69 Å². The number of aromatic nitrogens is 1. The highest BCUT2D eigenvalue weighted by Gasteiger charge is 2.32. The molecule has 1 aromatic heterocycles. The van der Waals surface area contributed by atoms with Gasteiger partial charge in [0, 0.05) is 32.7 Å². The second kappa shape index (κ2) is 5.75. The molecule has 0 radical (unpaired) electrons. The molecule has 1 aliphatic rings. The highest BCUT2D eigenvalue weighted by molar-refractivity contribution is 5.45. The van der Waals surface area contributed by atoms with Crippen LogP contribution in [0, 0.1) is 0 Å². The number of aliphatic hydroxyl groups is 1. The van der Waals surface area contributed by atoms with Crippen molar-refractivity contribution in [3.8, 4) is 0 Å². The van der Waals surface area contributed by atoms with Crippen LogP contribution in [0.25, 0.3) is 0 Å². The van der Waals surface area contributed by atoms with Gasteiger partial charge in [-0.05, 0) is 12.1 Å². The van der Waals surface area contributed by atoms with Crippen molar-refractivity contribution in [1.29, 1.82) is 0 Å². The van der Waals surface area contributed by atoms with Crippen LogP contribution in [-0.4, -0.2) is 54.3 Å². The average Bonchev–Trinajstić information content (AvgIpc) is 2.39. The van der Waals surface area contributed by atoms with Crippen molar-refractivity contribution < 1.29 is 18.3 Å². The summed E-state index contributed by atoms with van der Waals surface area (Å²) in [5, 5.41) is 8.84. The third kappa shape index (κ3) is 3.57. The lowest BCUT2D eigenvalue weighted by Gasteiger charge is -2.35. The van der Waals surface area contributed by atoms with Crippen molar-refractivity contribution in [2.45, 2.75) is 6.18 Å². The maximum Gasteiger partial charge on any atom is 0.433 e. The van der Waals surface area contributed by atoms with Crippen LogP contribution in [0.4, 0.5) is 18.9 Å². The van der Waals surface area contributed by atoms with E-state index in [2.05, 4.69) is 9.88 Å². The molecule has 4 nitrogen and oxygen atoms in total. The number of halogens is 3. The Morgan fingerprint density at radius 2 is 1.84 bits per heavy atom. The Balaban J connectivity index is 1.97. The van der Waals surface area contributed by atoms with Crippen molar-refractivity contribution in [2.75, 3.05) is 44.2 Å². The number of pyridine rings is 1. The first-order valence-electron chi connectivity index (χ1n) is 6.12. The second-order valence-electron chi connectivity index (χ2n) is 4.45. The number of nitrogens with zero attached hydrogens (tertiary/aromatic N) is 3. The molecular weight excluding hydrogens is 259 g/mol. The normalized spacial score (nSPS) is 17.8. The molecule has 1 fully saturated rings. The van der Waals surface area contributed by atoms with Gasteiger partial charge in [0.2, 0.25) is 0 Å². The summed E-state index contributed by atoms with van der Waals surface area (Å²) < 4.78 is 37.2. The van der Waals surface area contributed by atoms with Gasteiger partial charge in [-0.3, -0.25) is 4.90 Å². The van der Waals surface area contributed by atoms with Gasteiger partial charge in [0.1, 0.15) is 5.69 Å². The van der Waals surface area contributed by atoms with Gasteiger partial charge in [0.15, 0.2) is 0 Å². The van der Waals surface area contributed by atoms with Crippen LogP contribution < -0.4 is 4.90 Å². The van der Waals surface area contributed by atoms with E-state index in [-0.39, 0.29) is 6.61 Å². The number of hydrogen-bond donors (Lipinski definition) is 1. The minimum atomic E-state index is -4.39. The summed E-state index contributed by atoms with van der Waals surface area (Å²) in [4.78, 5) is 7.58. The van der Waals surface area contributed by atoms with Crippen molar-refractivity contribution in [2.24, 2.45) is 0 Å². The smallest absolute Gasteiger partial charge is 0.395 e. The lowest BCUT2D eigenvalue weighted by molar-refractivity contribution is -0.141. The van der Waals surface area contributed by atoms with Gasteiger partial charge in [0.05, 0.1) is 18.5 Å². The van der Waals surface area contributed by atoms with Gasteiger partial charge in [0.25, 0.3) is 0 Å². The van der Waals surface area contributed by atoms with E-state index in [1.165, 1.54) is 12.3 Å². The highest BCUT2D eigenvalue weighted by Crippen LogP contribution is 2.28. The molecule has 0 amide bonds. The SMILES string of the molecule is OCCN1CCN(c2ccc(C(F)(F)F)nc2)CC1. The summed E-state index contributed by atoms with van der Waals surface area (Å²) in [7, 11) is 0. The van der Waals surface area contributed by atoms with Crippen LogP contribution in [-0.2, 0) is 6.18 Å². The fourth-order valence-corrected chi connectivity index (χ4v) is 2.11. The number of piperazine rings is 1. The van der Waals surface area contributed by atoms with E-state index in [1.807, 2.05) is 4.90 Å². The van der Waals surface area contributed by atoms with E-state index in [9.17, 15) is 13.2 Å². The van der Waals surface area contributed by atoms with E-state index in [1.54, 1.807) is 0 Å². The molecule has 1 aliphatic heterocycles. The van der Waals surface area contributed by atoms with E-state index in [0.29, 0.717) is 12.2 Å². The number of anilines is 1. The van der Waals surface area contributed by atoms with Crippen LogP contribution >= 0.6 is 0 Å². The zero-order chi connectivity index (χ0) is 13.9. The topological polar surface area (TPSA) is 39.6 Å². The number of aliphatic hydroxyl groups excluding tert-OH is 1. The molecule has 2 heterocycles. The standard InChI is InChI=1S/C12H16F3N3O/c13-12(14,15)11-2-1-10(9-16-11)18-5-3-17(4-6-18)7-8-19/h1-2,9,19H,3-8H2. The Hall–Kier alpha value is -1.34. The molecule has 2 rings (SSSR count). The molecule has 0 saturated carbocycles. The number of hydrogen-bond acceptors (Lipinski definition) is 4. The van der Waals surface area contributed by atoms with Crippen LogP contribution in [0.3, 0.4) is 0 Å². The predicted octanol–water partition coefficient (Wildman–Crippen LogP) is 1.21. The quantitative estimate of drug-likeness (QED) is 0.900. The highest BCUT2D eigenvalue weighted by atomic mass is 19.4. The summed E-state index contributed by atoms with van der Waals surface area (Å²) >= 11 is 0. The molecule has 106 valence electrons. The largest absolute Gasteiger partial charge is 0.433 e. The molecule has 0 bridgehead atoms. The molecular formula is C12H16F3N3O. The van der Waals surface area contributed by atoms with Crippen molar-refractivity contribution in [1.82, 2.24) is 9.88 Å². The maximum atomic E-state index is 12.4. The first-order chi connectivity index (χ1) is 9.00. The molecule has 1 N–H and O–H groups in total. The average molecular weight is 275 g/mol. The molecule has 0 aromatic carbocycles. The van der Waals surface area contributed by atoms with Crippen LogP contribution in [0.2, 0.25) is 0 Å². The van der Waals surface area contributed by atoms with E-state index >= 15 is 0 Å². The minimum Gasteiger partial charge on any atom is -0.395 e. The molecule has 0 atom stereocenters. The van der Waals surface area contributed by atoms with Gasteiger partial charge >= 0.3 is 6.18 Å². The summed E-state index contributed by atoms with van der Waals surface area (Å²) in [6.07, 6.45) is -3.12. The summed E-state index contributed by atoms with van der Waals surface area (Å²) in [6.45, 7) is 3.81. The molecule has 7 heteroatoms. The van der Waals surface area contributed by atoms with Crippen molar-refractivity contribution in [3.63, 3.8) is 0 Å². The molecule has 19 heavy (non-hydrogen) atoms. The lowest BCUT2D eigenvalue weighted by Crippen LogP contribution is -2.47. The van der Waals surface area contributed by atoms with Crippen LogP contribution in [0.5, 0.6) is 0 Å². The number of β-amino-alcohol motifs (C(OH)–C–C–N with tert-alkyl or cyclic N) is 1. The molecule has 0 unspecified atom stereocenters. The maximum absolute atomic E-state index is 12.4. The number of rotatable bonds is 3. The Bertz CT molecular complexity index is 400. The minimum absolute atomic E-state index is 0.127. The zero-order valence-electron chi connectivity index (χ0n) is 10.4. The van der Waals surface area contributed by atoms with Gasteiger partial charge in [-0.15, -0.1) is 0 Å². The third-order valence-electron chi connectivity index (χ3n) is 3.19. The Labute approximate surface area is 109 Å². The zero-order valence-corrected chi connectivity index (χ0v) is 10.4.